The third-order valence-electron chi connectivity index (χ3n) is 5.71. The number of halogens is 2. The van der Waals surface area contributed by atoms with Gasteiger partial charge in [0.2, 0.25) is 5.91 Å². The monoisotopic (exact) mass is 517 g/mol. The van der Waals surface area contributed by atoms with Gasteiger partial charge in [0, 0.05) is 24.5 Å². The van der Waals surface area contributed by atoms with Gasteiger partial charge in [-0.3, -0.25) is 9.10 Å². The fourth-order valence-corrected chi connectivity index (χ4v) is 5.56. The van der Waals surface area contributed by atoms with E-state index in [-0.39, 0.29) is 15.6 Å². The minimum atomic E-state index is -4.04. The Morgan fingerprint density at radius 3 is 2.21 bits per heavy atom. The molecular formula is C25H25Cl2N3O3S. The summed E-state index contributed by atoms with van der Waals surface area (Å²) in [5.41, 5.74) is 2.87. The Morgan fingerprint density at radius 1 is 0.941 bits per heavy atom. The smallest absolute Gasteiger partial charge is 0.264 e. The minimum absolute atomic E-state index is 0.0759. The molecule has 6 nitrogen and oxygen atoms in total. The van der Waals surface area contributed by atoms with E-state index in [1.807, 2.05) is 31.2 Å². The molecule has 1 aliphatic heterocycles. The summed E-state index contributed by atoms with van der Waals surface area (Å²) in [5.74, 6) is -0.476. The standard InChI is InChI=1S/C25H25Cl2N3O3S/c1-18-4-11-22(12-5-18)34(32,33)30(21-10-13-23(26)24(27)16-21)17-25(31)28-19-6-8-20(9-7-19)29-14-2-3-15-29/h4-13,16H,2-3,14-15,17H2,1H3,(H,28,31). The van der Waals surface area contributed by atoms with Crippen LogP contribution >= 0.6 is 23.2 Å². The number of nitrogens with one attached hydrogen (secondary N) is 1. The normalized spacial score (nSPS) is 13.7. The van der Waals surface area contributed by atoms with Gasteiger partial charge in [-0.2, -0.15) is 0 Å². The number of aryl methyl sites for hydroxylation is 1. The maximum absolute atomic E-state index is 13.5. The van der Waals surface area contributed by atoms with Gasteiger partial charge in [-0.15, -0.1) is 0 Å². The molecule has 3 aromatic carbocycles. The second kappa shape index (κ2) is 10.3. The topological polar surface area (TPSA) is 69.7 Å². The molecule has 0 saturated carbocycles. The summed E-state index contributed by atoms with van der Waals surface area (Å²) in [6, 6.07) is 18.5. The lowest BCUT2D eigenvalue weighted by Gasteiger charge is -2.24. The first-order valence-corrected chi connectivity index (χ1v) is 13.1. The molecule has 1 amide bonds. The Morgan fingerprint density at radius 2 is 1.59 bits per heavy atom. The molecule has 0 atom stereocenters. The quantitative estimate of drug-likeness (QED) is 0.434. The molecule has 0 bridgehead atoms. The maximum Gasteiger partial charge on any atom is 0.264 e. The molecule has 1 aliphatic rings. The van der Waals surface area contributed by atoms with Crippen LogP contribution in [0.15, 0.2) is 71.6 Å². The molecule has 0 spiro atoms. The van der Waals surface area contributed by atoms with Crippen molar-refractivity contribution >= 4 is 56.2 Å². The number of hydrogen-bond donors (Lipinski definition) is 1. The van der Waals surface area contributed by atoms with Crippen LogP contribution in [0.2, 0.25) is 10.0 Å². The van der Waals surface area contributed by atoms with Gasteiger partial charge >= 0.3 is 0 Å². The third-order valence-corrected chi connectivity index (χ3v) is 8.24. The largest absolute Gasteiger partial charge is 0.372 e. The van der Waals surface area contributed by atoms with E-state index >= 15 is 0 Å². The van der Waals surface area contributed by atoms with E-state index in [0.29, 0.717) is 10.7 Å². The third kappa shape index (κ3) is 5.49. The molecule has 0 radical (unpaired) electrons. The van der Waals surface area contributed by atoms with E-state index in [0.717, 1.165) is 28.6 Å². The van der Waals surface area contributed by atoms with Crippen LogP contribution in [0.4, 0.5) is 17.1 Å². The highest BCUT2D eigenvalue weighted by molar-refractivity contribution is 7.92. The second-order valence-corrected chi connectivity index (χ2v) is 10.9. The molecule has 1 saturated heterocycles. The van der Waals surface area contributed by atoms with Gasteiger partial charge in [0.25, 0.3) is 10.0 Å². The highest BCUT2D eigenvalue weighted by Crippen LogP contribution is 2.31. The SMILES string of the molecule is Cc1ccc(S(=O)(=O)N(CC(=O)Nc2ccc(N3CCCC3)cc2)c2ccc(Cl)c(Cl)c2)cc1. The molecule has 1 fully saturated rings. The molecule has 0 aromatic heterocycles. The molecule has 3 aromatic rings. The summed E-state index contributed by atoms with van der Waals surface area (Å²) in [6.07, 6.45) is 2.36. The second-order valence-electron chi connectivity index (χ2n) is 8.21. The molecule has 4 rings (SSSR count). The van der Waals surface area contributed by atoms with Crippen molar-refractivity contribution in [3.63, 3.8) is 0 Å². The van der Waals surface area contributed by atoms with Crippen molar-refractivity contribution in [3.05, 3.63) is 82.3 Å². The lowest BCUT2D eigenvalue weighted by atomic mass is 10.2. The van der Waals surface area contributed by atoms with Crippen molar-refractivity contribution in [3.8, 4) is 0 Å². The predicted octanol–water partition coefficient (Wildman–Crippen LogP) is 5.74. The van der Waals surface area contributed by atoms with Gasteiger partial charge in [0.15, 0.2) is 0 Å². The van der Waals surface area contributed by atoms with Crippen LogP contribution in [0.1, 0.15) is 18.4 Å². The van der Waals surface area contributed by atoms with Crippen LogP contribution in [-0.2, 0) is 14.8 Å². The van der Waals surface area contributed by atoms with Gasteiger partial charge in [-0.25, -0.2) is 8.42 Å². The van der Waals surface area contributed by atoms with Crippen molar-refractivity contribution < 1.29 is 13.2 Å². The molecule has 0 unspecified atom stereocenters. The Hall–Kier alpha value is -2.74. The van der Waals surface area contributed by atoms with E-state index in [1.54, 1.807) is 12.1 Å². The first kappa shape index (κ1) is 24.4. The number of benzene rings is 3. The average Bonchev–Trinajstić information content (AvgIpc) is 3.35. The number of carbonyl (C=O) groups is 1. The zero-order valence-corrected chi connectivity index (χ0v) is 21.0. The molecule has 178 valence electrons. The molecule has 1 N–H and O–H groups in total. The van der Waals surface area contributed by atoms with Crippen molar-refractivity contribution in [1.29, 1.82) is 0 Å². The minimum Gasteiger partial charge on any atom is -0.372 e. The summed E-state index contributed by atoms with van der Waals surface area (Å²) < 4.78 is 28.0. The molecule has 1 heterocycles. The van der Waals surface area contributed by atoms with Crippen LogP contribution in [0.3, 0.4) is 0 Å². The van der Waals surface area contributed by atoms with Crippen LogP contribution in [0.5, 0.6) is 0 Å². The number of amides is 1. The summed E-state index contributed by atoms with van der Waals surface area (Å²) >= 11 is 12.2. The van der Waals surface area contributed by atoms with Crippen LogP contribution < -0.4 is 14.5 Å². The Balaban J connectivity index is 1.58. The van der Waals surface area contributed by atoms with Crippen molar-refractivity contribution in [2.75, 3.05) is 34.2 Å². The lowest BCUT2D eigenvalue weighted by Crippen LogP contribution is -2.38. The van der Waals surface area contributed by atoms with E-state index in [4.69, 9.17) is 23.2 Å². The number of hydrogen-bond acceptors (Lipinski definition) is 4. The van der Waals surface area contributed by atoms with Crippen LogP contribution in [-0.4, -0.2) is 34.0 Å². The van der Waals surface area contributed by atoms with Crippen molar-refractivity contribution in [2.24, 2.45) is 0 Å². The number of nitrogens with zero attached hydrogens (tertiary/aromatic N) is 2. The molecule has 9 heteroatoms. The zero-order valence-electron chi connectivity index (χ0n) is 18.7. The lowest BCUT2D eigenvalue weighted by molar-refractivity contribution is -0.114. The first-order valence-electron chi connectivity index (χ1n) is 10.9. The van der Waals surface area contributed by atoms with Gasteiger partial charge in [-0.05, 0) is 74.4 Å². The van der Waals surface area contributed by atoms with E-state index in [9.17, 15) is 13.2 Å². The average molecular weight is 518 g/mol. The van der Waals surface area contributed by atoms with E-state index in [2.05, 4.69) is 10.2 Å². The van der Waals surface area contributed by atoms with Crippen molar-refractivity contribution in [1.82, 2.24) is 0 Å². The van der Waals surface area contributed by atoms with E-state index < -0.39 is 22.5 Å². The molecular weight excluding hydrogens is 493 g/mol. The highest BCUT2D eigenvalue weighted by atomic mass is 35.5. The fraction of sp³-hybridized carbons (Fsp3) is 0.240. The van der Waals surface area contributed by atoms with Gasteiger partial charge in [0.1, 0.15) is 6.54 Å². The Bertz CT molecular complexity index is 1270. The molecule has 34 heavy (non-hydrogen) atoms. The first-order chi connectivity index (χ1) is 16.2. The Kier molecular flexibility index (Phi) is 7.36. The summed E-state index contributed by atoms with van der Waals surface area (Å²) in [4.78, 5) is 15.3. The summed E-state index contributed by atoms with van der Waals surface area (Å²) in [7, 11) is -4.04. The van der Waals surface area contributed by atoms with Crippen molar-refractivity contribution in [2.45, 2.75) is 24.7 Å². The fourth-order valence-electron chi connectivity index (χ4n) is 3.85. The maximum atomic E-state index is 13.5. The van der Waals surface area contributed by atoms with Crippen LogP contribution in [0, 0.1) is 6.92 Å². The van der Waals surface area contributed by atoms with Crippen LogP contribution in [0.25, 0.3) is 0 Å². The van der Waals surface area contributed by atoms with Gasteiger partial charge < -0.3 is 10.2 Å². The number of rotatable bonds is 7. The summed E-state index contributed by atoms with van der Waals surface area (Å²) in [6.45, 7) is 3.50. The zero-order chi connectivity index (χ0) is 24.3. The van der Waals surface area contributed by atoms with Gasteiger partial charge in [-0.1, -0.05) is 40.9 Å². The number of sulfonamides is 1. The molecule has 0 aliphatic carbocycles. The van der Waals surface area contributed by atoms with Gasteiger partial charge in [0.05, 0.1) is 20.6 Å². The predicted molar refractivity (Wildman–Crippen MR) is 139 cm³/mol. The van der Waals surface area contributed by atoms with E-state index in [1.165, 1.54) is 43.2 Å². The highest BCUT2D eigenvalue weighted by Gasteiger charge is 2.28. The summed E-state index contributed by atoms with van der Waals surface area (Å²) in [5, 5.41) is 3.28. The number of anilines is 3. The Labute approximate surface area is 210 Å². The number of carbonyl (C=O) groups excluding carboxylic acids is 1.